The number of nitriles is 1. The van der Waals surface area contributed by atoms with E-state index in [1.165, 1.54) is 0 Å². The van der Waals surface area contributed by atoms with Crippen LogP contribution in [0.25, 0.3) is 0 Å². The molecule has 0 aliphatic carbocycles. The minimum Gasteiger partial charge on any atom is -0.344 e. The number of imidazole rings is 1. The lowest BCUT2D eigenvalue weighted by Gasteiger charge is -2.27. The molecule has 0 amide bonds. The molecule has 4 rings (SSSR count). The molecule has 182 valence electrons. The van der Waals surface area contributed by atoms with Crippen LogP contribution in [-0.4, -0.2) is 31.1 Å². The van der Waals surface area contributed by atoms with Gasteiger partial charge in [-0.2, -0.15) is 5.26 Å². The number of aromatic nitrogens is 3. The van der Waals surface area contributed by atoms with Gasteiger partial charge in [-0.05, 0) is 66.2 Å². The zero-order chi connectivity index (χ0) is 25.5. The average molecular weight is 536 g/mol. The van der Waals surface area contributed by atoms with Crippen molar-refractivity contribution in [3.05, 3.63) is 111 Å². The molecule has 2 aromatic carbocycles. The Morgan fingerprint density at radius 2 is 1.89 bits per heavy atom. The number of hydrogen-bond acceptors (Lipinski definition) is 4. The average Bonchev–Trinajstić information content (AvgIpc) is 3.32. The Hall–Kier alpha value is -3.44. The normalized spacial score (nSPS) is 10.6. The Morgan fingerprint density at radius 3 is 2.61 bits per heavy atom. The van der Waals surface area contributed by atoms with Crippen molar-refractivity contribution in [1.82, 2.24) is 19.4 Å². The summed E-state index contributed by atoms with van der Waals surface area (Å²) in [5, 5.41) is 14.2. The van der Waals surface area contributed by atoms with Gasteiger partial charge >= 0.3 is 0 Å². The van der Waals surface area contributed by atoms with Crippen LogP contribution >= 0.6 is 35.4 Å². The van der Waals surface area contributed by atoms with Gasteiger partial charge in [0.2, 0.25) is 0 Å². The summed E-state index contributed by atoms with van der Waals surface area (Å²) in [5.74, 6) is 0. The van der Waals surface area contributed by atoms with E-state index in [0.717, 1.165) is 34.5 Å². The molecule has 0 aliphatic heterocycles. The van der Waals surface area contributed by atoms with Crippen LogP contribution in [0.4, 0.5) is 5.69 Å². The first-order valence-electron chi connectivity index (χ1n) is 11.3. The molecule has 0 saturated heterocycles. The molecule has 0 atom stereocenters. The van der Waals surface area contributed by atoms with Gasteiger partial charge in [-0.15, -0.1) is 0 Å². The van der Waals surface area contributed by atoms with E-state index in [2.05, 4.69) is 30.8 Å². The molecule has 0 spiro atoms. The minimum absolute atomic E-state index is 0.524. The third kappa shape index (κ3) is 6.61. The maximum absolute atomic E-state index is 9.03. The summed E-state index contributed by atoms with van der Waals surface area (Å²) >= 11 is 18.5. The van der Waals surface area contributed by atoms with E-state index in [-0.39, 0.29) is 0 Å². The van der Waals surface area contributed by atoms with E-state index in [1.807, 2.05) is 68.0 Å². The number of thiocarbonyl (C=S) groups is 1. The van der Waals surface area contributed by atoms with E-state index < -0.39 is 0 Å². The zero-order valence-corrected chi connectivity index (χ0v) is 22.0. The largest absolute Gasteiger partial charge is 0.344 e. The van der Waals surface area contributed by atoms with Gasteiger partial charge < -0.3 is 14.8 Å². The summed E-state index contributed by atoms with van der Waals surface area (Å²) in [7, 11) is 0. The van der Waals surface area contributed by atoms with Crippen LogP contribution in [0, 0.1) is 18.3 Å². The van der Waals surface area contributed by atoms with E-state index >= 15 is 0 Å². The fraction of sp³-hybridized carbons (Fsp3) is 0.185. The Bertz CT molecular complexity index is 1390. The topological polar surface area (TPSA) is 69.8 Å². The number of hydrogen-bond donors (Lipinski definition) is 1. The summed E-state index contributed by atoms with van der Waals surface area (Å²) in [6.45, 7) is 3.80. The number of nitrogens with one attached hydrogen (secondary N) is 1. The highest BCUT2D eigenvalue weighted by Crippen LogP contribution is 2.22. The number of anilines is 1. The van der Waals surface area contributed by atoms with Crippen LogP contribution in [0.15, 0.2) is 73.4 Å². The summed E-state index contributed by atoms with van der Waals surface area (Å²) in [6.07, 6.45) is 7.77. The minimum atomic E-state index is 0.524. The highest BCUT2D eigenvalue weighted by molar-refractivity contribution is 7.80. The first kappa shape index (κ1) is 25.6. The van der Waals surface area contributed by atoms with Crippen molar-refractivity contribution in [2.45, 2.75) is 26.4 Å². The second kappa shape index (κ2) is 12.0. The molecule has 4 aromatic rings. The second-order valence-corrected chi connectivity index (χ2v) is 9.56. The quantitative estimate of drug-likeness (QED) is 0.269. The number of benzene rings is 2. The first-order valence-corrected chi connectivity index (χ1v) is 12.5. The summed E-state index contributed by atoms with van der Waals surface area (Å²) in [5.41, 5.74) is 5.58. The van der Waals surface area contributed by atoms with Crippen molar-refractivity contribution in [3.63, 3.8) is 0 Å². The SMILES string of the molecule is Cc1ccc(NC(=S)N(CCc2cncn2Cc2ccc(C#N)cc2)Cc2ccncc2Cl)cc1Cl. The van der Waals surface area contributed by atoms with Crippen LogP contribution in [-0.2, 0) is 19.5 Å². The summed E-state index contributed by atoms with van der Waals surface area (Å²) in [6, 6.07) is 17.4. The number of rotatable bonds is 8. The fourth-order valence-electron chi connectivity index (χ4n) is 3.69. The molecule has 0 saturated carbocycles. The van der Waals surface area contributed by atoms with Crippen LogP contribution in [0.1, 0.15) is 27.9 Å². The molecule has 6 nitrogen and oxygen atoms in total. The molecule has 9 heteroatoms. The van der Waals surface area contributed by atoms with Crippen LogP contribution < -0.4 is 5.32 Å². The maximum atomic E-state index is 9.03. The van der Waals surface area contributed by atoms with Gasteiger partial charge in [0.05, 0.1) is 23.0 Å². The van der Waals surface area contributed by atoms with Gasteiger partial charge in [0.15, 0.2) is 5.11 Å². The van der Waals surface area contributed by atoms with Crippen molar-refractivity contribution in [2.24, 2.45) is 0 Å². The molecule has 36 heavy (non-hydrogen) atoms. The molecule has 1 N–H and O–H groups in total. The Labute approximate surface area is 226 Å². The molecule has 0 bridgehead atoms. The van der Waals surface area contributed by atoms with E-state index in [9.17, 15) is 0 Å². The molecule has 0 radical (unpaired) electrons. The summed E-state index contributed by atoms with van der Waals surface area (Å²) < 4.78 is 2.11. The highest BCUT2D eigenvalue weighted by Gasteiger charge is 2.15. The number of nitrogens with zero attached hydrogens (tertiary/aromatic N) is 5. The van der Waals surface area contributed by atoms with E-state index in [1.54, 1.807) is 12.4 Å². The first-order chi connectivity index (χ1) is 17.4. The van der Waals surface area contributed by atoms with Gasteiger partial charge in [0, 0.05) is 61.0 Å². The number of aryl methyl sites for hydroxylation is 1. The third-order valence-corrected chi connectivity index (χ3v) is 6.91. The molecule has 0 aliphatic rings. The van der Waals surface area contributed by atoms with Crippen LogP contribution in [0.3, 0.4) is 0 Å². The fourth-order valence-corrected chi connectivity index (χ4v) is 4.33. The molecule has 0 fully saturated rings. The predicted molar refractivity (Wildman–Crippen MR) is 148 cm³/mol. The lowest BCUT2D eigenvalue weighted by molar-refractivity contribution is 0.418. The molecular formula is C27H24Cl2N6S. The molecular weight excluding hydrogens is 511 g/mol. The maximum Gasteiger partial charge on any atom is 0.173 e. The van der Waals surface area contributed by atoms with E-state index in [0.29, 0.717) is 40.4 Å². The van der Waals surface area contributed by atoms with E-state index in [4.69, 9.17) is 40.7 Å². The Morgan fingerprint density at radius 1 is 1.08 bits per heavy atom. The van der Waals surface area contributed by atoms with Crippen molar-refractivity contribution in [3.8, 4) is 6.07 Å². The monoisotopic (exact) mass is 534 g/mol. The number of pyridine rings is 1. The lowest BCUT2D eigenvalue weighted by Crippen LogP contribution is -2.36. The lowest BCUT2D eigenvalue weighted by atomic mass is 10.1. The zero-order valence-electron chi connectivity index (χ0n) is 19.7. The van der Waals surface area contributed by atoms with Crippen molar-refractivity contribution in [1.29, 1.82) is 5.26 Å². The van der Waals surface area contributed by atoms with Gasteiger partial charge in [-0.1, -0.05) is 41.4 Å². The Balaban J connectivity index is 1.50. The van der Waals surface area contributed by atoms with Gasteiger partial charge in [-0.25, -0.2) is 4.98 Å². The summed E-state index contributed by atoms with van der Waals surface area (Å²) in [4.78, 5) is 10.5. The standard InChI is InChI=1S/C27H24Cl2N6S/c1-19-2-7-23(12-25(19)28)33-27(36)34(17-22-8-10-31-15-26(22)29)11-9-24-14-32-18-35(24)16-21-5-3-20(13-30)4-6-21/h2-8,10,12,14-15,18H,9,11,16-17H2,1H3,(H,33,36). The Kier molecular flexibility index (Phi) is 8.55. The number of halogens is 2. The second-order valence-electron chi connectivity index (χ2n) is 8.35. The van der Waals surface area contributed by atoms with Crippen molar-refractivity contribution < 1.29 is 0 Å². The highest BCUT2D eigenvalue weighted by atomic mass is 35.5. The van der Waals surface area contributed by atoms with Crippen molar-refractivity contribution in [2.75, 3.05) is 11.9 Å². The van der Waals surface area contributed by atoms with Gasteiger partial charge in [0.25, 0.3) is 0 Å². The smallest absolute Gasteiger partial charge is 0.173 e. The van der Waals surface area contributed by atoms with Crippen LogP contribution in [0.2, 0.25) is 10.0 Å². The molecule has 2 heterocycles. The van der Waals surface area contributed by atoms with Crippen molar-refractivity contribution >= 4 is 46.2 Å². The molecule has 0 unspecified atom stereocenters. The third-order valence-electron chi connectivity index (χ3n) is 5.80. The van der Waals surface area contributed by atoms with Crippen LogP contribution in [0.5, 0.6) is 0 Å². The van der Waals surface area contributed by atoms with Gasteiger partial charge in [0.1, 0.15) is 0 Å². The van der Waals surface area contributed by atoms with Gasteiger partial charge in [-0.3, -0.25) is 4.98 Å². The predicted octanol–water partition coefficient (Wildman–Crippen LogP) is 6.26. The molecule has 2 aromatic heterocycles.